The van der Waals surface area contributed by atoms with Gasteiger partial charge < -0.3 is 9.84 Å². The molecule has 0 bridgehead atoms. The van der Waals surface area contributed by atoms with Gasteiger partial charge in [0.25, 0.3) is 0 Å². The van der Waals surface area contributed by atoms with Crippen molar-refractivity contribution in [1.82, 2.24) is 0 Å². The highest BCUT2D eigenvalue weighted by Gasteiger charge is 2.08. The maximum atomic E-state index is 10.1. The van der Waals surface area contributed by atoms with Gasteiger partial charge in [-0.05, 0) is 38.0 Å². The van der Waals surface area contributed by atoms with Crippen LogP contribution in [0.25, 0.3) is 0 Å². The van der Waals surface area contributed by atoms with Crippen molar-refractivity contribution in [2.45, 2.75) is 65.1 Å². The van der Waals surface area contributed by atoms with Crippen LogP contribution in [0, 0.1) is 0 Å². The maximum absolute atomic E-state index is 10.1. The minimum atomic E-state index is -0.363. The van der Waals surface area contributed by atoms with Crippen LogP contribution in [-0.4, -0.2) is 11.2 Å². The molecule has 1 atom stereocenters. The van der Waals surface area contributed by atoms with Gasteiger partial charge in [0.2, 0.25) is 0 Å². The Hall–Kier alpha value is -1.02. The first-order chi connectivity index (χ1) is 8.63. The van der Waals surface area contributed by atoms with Crippen LogP contribution in [-0.2, 0) is 0 Å². The Morgan fingerprint density at radius 2 is 1.94 bits per heavy atom. The highest BCUT2D eigenvalue weighted by atomic mass is 16.5. The number of hydrogen-bond acceptors (Lipinski definition) is 2. The molecule has 1 aromatic rings. The maximum Gasteiger partial charge on any atom is 0.120 e. The summed E-state index contributed by atoms with van der Waals surface area (Å²) in [5, 5.41) is 10.1. The van der Waals surface area contributed by atoms with E-state index in [-0.39, 0.29) is 12.2 Å². The predicted molar refractivity (Wildman–Crippen MR) is 75.9 cm³/mol. The van der Waals surface area contributed by atoms with E-state index in [9.17, 15) is 5.11 Å². The second-order valence-electron chi connectivity index (χ2n) is 5.10. The molecule has 0 spiro atoms. The lowest BCUT2D eigenvalue weighted by atomic mass is 10.0. The van der Waals surface area contributed by atoms with Crippen molar-refractivity contribution in [3.8, 4) is 5.75 Å². The Morgan fingerprint density at radius 3 is 2.61 bits per heavy atom. The zero-order valence-corrected chi connectivity index (χ0v) is 11.9. The van der Waals surface area contributed by atoms with E-state index in [1.54, 1.807) is 0 Å². The minimum absolute atomic E-state index is 0.168. The molecule has 0 saturated carbocycles. The Balaban J connectivity index is 2.48. The van der Waals surface area contributed by atoms with Crippen LogP contribution in [0.2, 0.25) is 0 Å². The van der Waals surface area contributed by atoms with Gasteiger partial charge in [0, 0.05) is 0 Å². The molecule has 0 radical (unpaired) electrons. The quantitative estimate of drug-likeness (QED) is 0.689. The van der Waals surface area contributed by atoms with Gasteiger partial charge in [0.1, 0.15) is 5.75 Å². The fourth-order valence-corrected chi connectivity index (χ4v) is 2.00. The van der Waals surface area contributed by atoms with Gasteiger partial charge in [-0.25, -0.2) is 0 Å². The lowest BCUT2D eigenvalue weighted by molar-refractivity contribution is 0.162. The average molecular weight is 250 g/mol. The molecule has 1 N–H and O–H groups in total. The highest BCUT2D eigenvalue weighted by molar-refractivity contribution is 5.30. The number of rotatable bonds is 8. The zero-order chi connectivity index (χ0) is 13.4. The normalized spacial score (nSPS) is 12.7. The lowest BCUT2D eigenvalue weighted by Gasteiger charge is -2.14. The summed E-state index contributed by atoms with van der Waals surface area (Å²) in [5.74, 6) is 0.843. The number of ether oxygens (including phenoxy) is 1. The highest BCUT2D eigenvalue weighted by Crippen LogP contribution is 2.24. The molecule has 0 saturated heterocycles. The van der Waals surface area contributed by atoms with Gasteiger partial charge >= 0.3 is 0 Å². The van der Waals surface area contributed by atoms with Gasteiger partial charge in [-0.1, -0.05) is 44.7 Å². The van der Waals surface area contributed by atoms with E-state index < -0.39 is 0 Å². The molecule has 1 aromatic carbocycles. The third-order valence-electron chi connectivity index (χ3n) is 2.95. The summed E-state index contributed by atoms with van der Waals surface area (Å²) in [6.45, 7) is 6.21. The molecule has 102 valence electrons. The SMILES string of the molecule is CCCCCCC(O)c1cccc(OC(C)C)c1. The monoisotopic (exact) mass is 250 g/mol. The minimum Gasteiger partial charge on any atom is -0.491 e. The molecule has 0 aliphatic carbocycles. The van der Waals surface area contributed by atoms with Crippen molar-refractivity contribution in [1.29, 1.82) is 0 Å². The van der Waals surface area contributed by atoms with E-state index in [1.807, 2.05) is 38.1 Å². The fourth-order valence-electron chi connectivity index (χ4n) is 2.00. The number of unbranched alkanes of at least 4 members (excludes halogenated alkanes) is 3. The van der Waals surface area contributed by atoms with Crippen LogP contribution in [0.5, 0.6) is 5.75 Å². The summed E-state index contributed by atoms with van der Waals surface area (Å²) in [5.41, 5.74) is 0.963. The second-order valence-corrected chi connectivity index (χ2v) is 5.10. The largest absolute Gasteiger partial charge is 0.491 e. The van der Waals surface area contributed by atoms with Crippen LogP contribution >= 0.6 is 0 Å². The molecule has 0 fully saturated rings. The van der Waals surface area contributed by atoms with Gasteiger partial charge in [0.05, 0.1) is 12.2 Å². The van der Waals surface area contributed by atoms with Crippen molar-refractivity contribution >= 4 is 0 Å². The molecule has 0 aliphatic rings. The molecule has 1 rings (SSSR count). The third kappa shape index (κ3) is 5.54. The Bertz CT molecular complexity index is 334. The number of aliphatic hydroxyl groups excluding tert-OH is 1. The van der Waals surface area contributed by atoms with Crippen molar-refractivity contribution in [2.24, 2.45) is 0 Å². The molecule has 0 aliphatic heterocycles. The average Bonchev–Trinajstić information content (AvgIpc) is 2.34. The Labute approximate surface area is 111 Å². The number of aliphatic hydroxyl groups is 1. The number of benzene rings is 1. The van der Waals surface area contributed by atoms with E-state index in [0.29, 0.717) is 0 Å². The van der Waals surface area contributed by atoms with Crippen molar-refractivity contribution in [2.75, 3.05) is 0 Å². The standard InChI is InChI=1S/C16H26O2/c1-4-5-6-7-11-16(17)14-9-8-10-15(12-14)18-13(2)3/h8-10,12-13,16-17H,4-7,11H2,1-3H3. The molecule has 18 heavy (non-hydrogen) atoms. The molecule has 1 unspecified atom stereocenters. The predicted octanol–water partition coefficient (Wildman–Crippen LogP) is 4.48. The third-order valence-corrected chi connectivity index (χ3v) is 2.95. The van der Waals surface area contributed by atoms with E-state index in [4.69, 9.17) is 4.74 Å². The Morgan fingerprint density at radius 1 is 1.17 bits per heavy atom. The fraction of sp³-hybridized carbons (Fsp3) is 0.625. The van der Waals surface area contributed by atoms with Crippen LogP contribution in [0.1, 0.15) is 64.5 Å². The Kier molecular flexibility index (Phi) is 6.81. The summed E-state index contributed by atoms with van der Waals surface area (Å²) in [6, 6.07) is 7.80. The van der Waals surface area contributed by atoms with E-state index >= 15 is 0 Å². The molecular weight excluding hydrogens is 224 g/mol. The van der Waals surface area contributed by atoms with E-state index in [1.165, 1.54) is 19.3 Å². The summed E-state index contributed by atoms with van der Waals surface area (Å²) < 4.78 is 5.64. The molecule has 2 heteroatoms. The molecule has 0 amide bonds. The molecule has 0 heterocycles. The summed E-state index contributed by atoms with van der Waals surface area (Å²) in [7, 11) is 0. The first-order valence-corrected chi connectivity index (χ1v) is 7.08. The van der Waals surface area contributed by atoms with E-state index in [0.717, 1.165) is 24.2 Å². The van der Waals surface area contributed by atoms with Crippen LogP contribution in [0.3, 0.4) is 0 Å². The van der Waals surface area contributed by atoms with Crippen LogP contribution < -0.4 is 4.74 Å². The van der Waals surface area contributed by atoms with E-state index in [2.05, 4.69) is 6.92 Å². The molecule has 2 nitrogen and oxygen atoms in total. The summed E-state index contributed by atoms with van der Waals surface area (Å²) in [4.78, 5) is 0. The molecular formula is C16H26O2. The van der Waals surface area contributed by atoms with Gasteiger partial charge in [-0.2, -0.15) is 0 Å². The number of hydrogen-bond donors (Lipinski definition) is 1. The van der Waals surface area contributed by atoms with Gasteiger partial charge in [0.15, 0.2) is 0 Å². The van der Waals surface area contributed by atoms with Crippen molar-refractivity contribution in [3.05, 3.63) is 29.8 Å². The van der Waals surface area contributed by atoms with Crippen LogP contribution in [0.4, 0.5) is 0 Å². The van der Waals surface area contributed by atoms with Crippen molar-refractivity contribution < 1.29 is 9.84 Å². The van der Waals surface area contributed by atoms with Gasteiger partial charge in [-0.15, -0.1) is 0 Å². The zero-order valence-electron chi connectivity index (χ0n) is 11.9. The first kappa shape index (κ1) is 15.0. The summed E-state index contributed by atoms with van der Waals surface area (Å²) in [6.07, 6.45) is 5.42. The topological polar surface area (TPSA) is 29.5 Å². The first-order valence-electron chi connectivity index (χ1n) is 7.08. The smallest absolute Gasteiger partial charge is 0.120 e. The van der Waals surface area contributed by atoms with Crippen LogP contribution in [0.15, 0.2) is 24.3 Å². The molecule has 0 aromatic heterocycles. The van der Waals surface area contributed by atoms with Crippen molar-refractivity contribution in [3.63, 3.8) is 0 Å². The lowest BCUT2D eigenvalue weighted by Crippen LogP contribution is -2.06. The van der Waals surface area contributed by atoms with Gasteiger partial charge in [-0.3, -0.25) is 0 Å². The second kappa shape index (κ2) is 8.15. The summed E-state index contributed by atoms with van der Waals surface area (Å²) >= 11 is 0.